The lowest BCUT2D eigenvalue weighted by atomic mass is 9.82. The van der Waals surface area contributed by atoms with Crippen molar-refractivity contribution in [2.75, 3.05) is 13.1 Å². The maximum absolute atomic E-state index is 13.6. The van der Waals surface area contributed by atoms with Crippen LogP contribution in [0.1, 0.15) is 24.0 Å². The number of aromatic amines is 1. The standard InChI is InChI=1S/C30H25ClN4O3/c31-19-15-18-16-26(38-27(18)23(17-19)20-6-11-33-28-21(20)7-12-34-28)29(36)35-13-8-30(37,9-14-35)24-4-1-5-25-22(24)3-2-10-32-25/h1-7,10-12,15,17,26,37H,8-9,13-14,16H2,(H,33,34). The maximum atomic E-state index is 13.6. The minimum Gasteiger partial charge on any atom is -0.479 e. The van der Waals surface area contributed by atoms with Crippen LogP contribution in [0.25, 0.3) is 33.1 Å². The topological polar surface area (TPSA) is 91.3 Å². The highest BCUT2D eigenvalue weighted by Crippen LogP contribution is 2.44. The lowest BCUT2D eigenvalue weighted by Crippen LogP contribution is -2.49. The fourth-order valence-corrected chi connectivity index (χ4v) is 6.18. The summed E-state index contributed by atoms with van der Waals surface area (Å²) >= 11 is 6.50. The van der Waals surface area contributed by atoms with Gasteiger partial charge < -0.3 is 19.7 Å². The number of hydrogen-bond donors (Lipinski definition) is 2. The van der Waals surface area contributed by atoms with Gasteiger partial charge in [0.2, 0.25) is 0 Å². The minimum atomic E-state index is -1.01. The fourth-order valence-electron chi connectivity index (χ4n) is 5.94. The van der Waals surface area contributed by atoms with Gasteiger partial charge in [-0.2, -0.15) is 0 Å². The van der Waals surface area contributed by atoms with Gasteiger partial charge in [-0.3, -0.25) is 9.78 Å². The number of carbonyl (C=O) groups excluding carboxylic acids is 1. The average Bonchev–Trinajstić information content (AvgIpc) is 3.59. The molecule has 1 atom stereocenters. The summed E-state index contributed by atoms with van der Waals surface area (Å²) in [5.74, 6) is 0.629. The van der Waals surface area contributed by atoms with Gasteiger partial charge in [-0.25, -0.2) is 4.98 Å². The first kappa shape index (κ1) is 23.2. The van der Waals surface area contributed by atoms with E-state index in [-0.39, 0.29) is 5.91 Å². The molecule has 0 saturated carbocycles. The second-order valence-electron chi connectivity index (χ2n) is 10.1. The third kappa shape index (κ3) is 3.73. The van der Waals surface area contributed by atoms with Crippen molar-refractivity contribution in [1.82, 2.24) is 19.9 Å². The van der Waals surface area contributed by atoms with E-state index in [4.69, 9.17) is 16.3 Å². The Morgan fingerprint density at radius 3 is 2.76 bits per heavy atom. The summed E-state index contributed by atoms with van der Waals surface area (Å²) in [6, 6.07) is 17.4. The van der Waals surface area contributed by atoms with Gasteiger partial charge in [-0.1, -0.05) is 29.8 Å². The number of aliphatic hydroxyl groups is 1. The molecule has 3 aromatic heterocycles. The van der Waals surface area contributed by atoms with E-state index in [9.17, 15) is 9.90 Å². The number of halogens is 1. The maximum Gasteiger partial charge on any atom is 0.263 e. The van der Waals surface area contributed by atoms with Crippen molar-refractivity contribution in [2.45, 2.75) is 31.0 Å². The number of likely N-dealkylation sites (tertiary alicyclic amines) is 1. The first-order valence-corrected chi connectivity index (χ1v) is 13.1. The van der Waals surface area contributed by atoms with Crippen LogP contribution in [0, 0.1) is 0 Å². The highest BCUT2D eigenvalue weighted by Gasteiger charge is 2.40. The van der Waals surface area contributed by atoms with Gasteiger partial charge in [0.1, 0.15) is 11.4 Å². The van der Waals surface area contributed by atoms with Gasteiger partial charge in [-0.05, 0) is 60.4 Å². The van der Waals surface area contributed by atoms with Crippen LogP contribution in [0.2, 0.25) is 5.02 Å². The van der Waals surface area contributed by atoms with E-state index in [0.29, 0.717) is 43.1 Å². The molecule has 2 aromatic carbocycles. The molecule has 2 aliphatic heterocycles. The third-order valence-electron chi connectivity index (χ3n) is 7.87. The number of hydrogen-bond acceptors (Lipinski definition) is 5. The Morgan fingerprint density at radius 1 is 1.03 bits per heavy atom. The number of carbonyl (C=O) groups is 1. The van der Waals surface area contributed by atoms with Crippen LogP contribution in [0.3, 0.4) is 0 Å². The Bertz CT molecular complexity index is 1700. The lowest BCUT2D eigenvalue weighted by molar-refractivity contribution is -0.142. The summed E-state index contributed by atoms with van der Waals surface area (Å²) in [6.45, 7) is 0.897. The highest BCUT2D eigenvalue weighted by molar-refractivity contribution is 6.31. The Kier molecular flexibility index (Phi) is 5.39. The van der Waals surface area contributed by atoms with Crippen molar-refractivity contribution in [2.24, 2.45) is 0 Å². The number of piperidine rings is 1. The van der Waals surface area contributed by atoms with E-state index in [1.165, 1.54) is 0 Å². The molecule has 5 heterocycles. The molecule has 8 heteroatoms. The molecule has 1 unspecified atom stereocenters. The van der Waals surface area contributed by atoms with Crippen molar-refractivity contribution >= 4 is 39.4 Å². The van der Waals surface area contributed by atoms with E-state index >= 15 is 0 Å². The zero-order valence-electron chi connectivity index (χ0n) is 20.5. The highest BCUT2D eigenvalue weighted by atomic mass is 35.5. The van der Waals surface area contributed by atoms with Crippen molar-refractivity contribution < 1.29 is 14.6 Å². The van der Waals surface area contributed by atoms with Crippen LogP contribution in [0.5, 0.6) is 5.75 Å². The molecule has 0 aliphatic carbocycles. The summed E-state index contributed by atoms with van der Waals surface area (Å²) < 4.78 is 6.33. The molecule has 190 valence electrons. The van der Waals surface area contributed by atoms with Gasteiger partial charge in [0, 0.05) is 65.0 Å². The van der Waals surface area contributed by atoms with Gasteiger partial charge in [0.05, 0.1) is 11.1 Å². The van der Waals surface area contributed by atoms with Gasteiger partial charge >= 0.3 is 0 Å². The Hall–Kier alpha value is -3.94. The van der Waals surface area contributed by atoms with Gasteiger partial charge in [0.15, 0.2) is 6.10 Å². The van der Waals surface area contributed by atoms with E-state index in [2.05, 4.69) is 15.0 Å². The smallest absolute Gasteiger partial charge is 0.263 e. The zero-order valence-corrected chi connectivity index (χ0v) is 21.3. The van der Waals surface area contributed by atoms with Crippen LogP contribution in [-0.2, 0) is 16.8 Å². The Balaban J connectivity index is 1.12. The Labute approximate surface area is 224 Å². The molecule has 2 N–H and O–H groups in total. The minimum absolute atomic E-state index is 0.0635. The van der Waals surface area contributed by atoms with Crippen molar-refractivity contribution in [3.05, 3.63) is 89.3 Å². The van der Waals surface area contributed by atoms with Crippen LogP contribution >= 0.6 is 11.6 Å². The number of nitrogens with one attached hydrogen (secondary N) is 1. The number of nitrogens with zero attached hydrogens (tertiary/aromatic N) is 3. The quantitative estimate of drug-likeness (QED) is 0.336. The van der Waals surface area contributed by atoms with Crippen LogP contribution in [0.4, 0.5) is 0 Å². The van der Waals surface area contributed by atoms with Crippen molar-refractivity contribution in [3.63, 3.8) is 0 Å². The molecule has 1 fully saturated rings. The van der Waals surface area contributed by atoms with Crippen LogP contribution in [-0.4, -0.2) is 50.1 Å². The molecule has 1 amide bonds. The number of fused-ring (bicyclic) bond motifs is 3. The normalized spacial score (nSPS) is 18.5. The van der Waals surface area contributed by atoms with Gasteiger partial charge in [-0.15, -0.1) is 0 Å². The summed E-state index contributed by atoms with van der Waals surface area (Å²) in [4.78, 5) is 27.4. The number of amides is 1. The average molecular weight is 525 g/mol. The Morgan fingerprint density at radius 2 is 1.89 bits per heavy atom. The van der Waals surface area contributed by atoms with E-state index in [0.717, 1.165) is 44.2 Å². The molecule has 38 heavy (non-hydrogen) atoms. The molecule has 1 saturated heterocycles. The molecule has 0 radical (unpaired) electrons. The van der Waals surface area contributed by atoms with Crippen molar-refractivity contribution in [1.29, 1.82) is 0 Å². The van der Waals surface area contributed by atoms with E-state index < -0.39 is 11.7 Å². The second kappa shape index (κ2) is 8.82. The molecule has 0 spiro atoms. The first-order chi connectivity index (χ1) is 18.5. The number of H-pyrrole nitrogens is 1. The van der Waals surface area contributed by atoms with E-state index in [1.807, 2.05) is 65.7 Å². The molecule has 7 rings (SSSR count). The summed E-state index contributed by atoms with van der Waals surface area (Å²) in [5, 5.41) is 14.1. The monoisotopic (exact) mass is 524 g/mol. The van der Waals surface area contributed by atoms with E-state index in [1.54, 1.807) is 12.4 Å². The predicted octanol–water partition coefficient (Wildman–Crippen LogP) is 5.25. The number of aromatic nitrogens is 3. The zero-order chi connectivity index (χ0) is 25.9. The largest absolute Gasteiger partial charge is 0.479 e. The summed E-state index contributed by atoms with van der Waals surface area (Å²) in [5.41, 5.74) is 4.22. The van der Waals surface area contributed by atoms with Crippen LogP contribution < -0.4 is 4.74 Å². The molecule has 0 bridgehead atoms. The summed E-state index contributed by atoms with van der Waals surface area (Å²) in [7, 11) is 0. The number of pyridine rings is 2. The SMILES string of the molecule is O=C(C1Cc2cc(Cl)cc(-c3ccnc4[nH]ccc34)c2O1)N1CCC(O)(c2cccc3ncccc23)CC1. The molecular weight excluding hydrogens is 500 g/mol. The molecule has 5 aromatic rings. The first-order valence-electron chi connectivity index (χ1n) is 12.8. The fraction of sp³-hybridized carbons (Fsp3) is 0.233. The number of ether oxygens (including phenoxy) is 1. The van der Waals surface area contributed by atoms with Crippen LogP contribution in [0.15, 0.2) is 73.2 Å². The summed E-state index contributed by atoms with van der Waals surface area (Å²) in [6.07, 6.45) is 6.09. The van der Waals surface area contributed by atoms with Crippen molar-refractivity contribution in [3.8, 4) is 16.9 Å². The molecular formula is C30H25ClN4O3. The second-order valence-corrected chi connectivity index (χ2v) is 10.5. The number of benzene rings is 2. The third-order valence-corrected chi connectivity index (χ3v) is 8.09. The number of rotatable bonds is 3. The molecule has 7 nitrogen and oxygen atoms in total. The molecule has 2 aliphatic rings. The van der Waals surface area contributed by atoms with Gasteiger partial charge in [0.25, 0.3) is 5.91 Å². The predicted molar refractivity (Wildman–Crippen MR) is 146 cm³/mol. The lowest BCUT2D eigenvalue weighted by Gasteiger charge is -2.39.